The normalized spacial score (nSPS) is 7.45. The van der Waals surface area contributed by atoms with Crippen molar-refractivity contribution in [3.05, 3.63) is 37.8 Å². The van der Waals surface area contributed by atoms with Crippen molar-refractivity contribution >= 4 is 5.69 Å². The molecule has 0 aromatic heterocycles. The van der Waals surface area contributed by atoms with Crippen molar-refractivity contribution in [1.82, 2.24) is 0 Å². The van der Waals surface area contributed by atoms with Crippen LogP contribution in [0.2, 0.25) is 0 Å². The maximum absolute atomic E-state index is 2.08. The minimum Gasteiger partial charge on any atom is -0.378 e. The second kappa shape index (κ2) is 6.44. The summed E-state index contributed by atoms with van der Waals surface area (Å²) in [5, 5.41) is 0. The predicted molar refractivity (Wildman–Crippen MR) is 47.2 cm³/mol. The molecule has 0 amide bonds. The van der Waals surface area contributed by atoms with Gasteiger partial charge in [-0.25, -0.2) is 0 Å². The Morgan fingerprint density at radius 2 is 1.45 bits per heavy atom. The van der Waals surface area contributed by atoms with Gasteiger partial charge in [-0.3, -0.25) is 0 Å². The Morgan fingerprint density at radius 1 is 1.00 bits per heavy atom. The second-order valence-corrected chi connectivity index (χ2v) is 2.23. The molecule has 60 valence electrons. The van der Waals surface area contributed by atoms with Crippen LogP contribution in [-0.4, -0.2) is 14.1 Å². The van der Waals surface area contributed by atoms with Gasteiger partial charge in [0.05, 0.1) is 0 Å². The molecule has 1 rings (SSSR count). The number of anilines is 1. The van der Waals surface area contributed by atoms with Crippen LogP contribution in [0.15, 0.2) is 30.3 Å². The van der Waals surface area contributed by atoms with Crippen LogP contribution in [0.1, 0.15) is 0 Å². The third-order valence-electron chi connectivity index (χ3n) is 1.27. The summed E-state index contributed by atoms with van der Waals surface area (Å²) in [5.74, 6) is 0. The SMILES string of the molecule is CN(C)c1ccccc1.[CH3-].[Ti]. The van der Waals surface area contributed by atoms with Crippen molar-refractivity contribution in [2.75, 3.05) is 19.0 Å². The number of benzene rings is 1. The Balaban J connectivity index is 0. The Morgan fingerprint density at radius 3 is 1.73 bits per heavy atom. The molecule has 0 unspecified atom stereocenters. The van der Waals surface area contributed by atoms with Gasteiger partial charge in [0.25, 0.3) is 0 Å². The maximum atomic E-state index is 2.08. The van der Waals surface area contributed by atoms with E-state index < -0.39 is 0 Å². The largest absolute Gasteiger partial charge is 0.378 e. The van der Waals surface area contributed by atoms with Gasteiger partial charge in [0.15, 0.2) is 0 Å². The first kappa shape index (κ1) is 13.3. The third-order valence-corrected chi connectivity index (χ3v) is 1.27. The zero-order chi connectivity index (χ0) is 6.69. The fourth-order valence-electron chi connectivity index (χ4n) is 0.726. The monoisotopic (exact) mass is 184 g/mol. The topological polar surface area (TPSA) is 3.24 Å². The summed E-state index contributed by atoms with van der Waals surface area (Å²) in [4.78, 5) is 2.08. The zero-order valence-electron chi connectivity index (χ0n) is 7.33. The summed E-state index contributed by atoms with van der Waals surface area (Å²) in [6.07, 6.45) is 0. The Bertz CT molecular complexity index is 172. The van der Waals surface area contributed by atoms with Crippen molar-refractivity contribution in [2.45, 2.75) is 0 Å². The molecule has 1 aromatic rings. The Labute approximate surface area is 84.3 Å². The van der Waals surface area contributed by atoms with E-state index in [0.29, 0.717) is 0 Å². The van der Waals surface area contributed by atoms with Crippen molar-refractivity contribution in [1.29, 1.82) is 0 Å². The first-order valence-electron chi connectivity index (χ1n) is 3.03. The van der Waals surface area contributed by atoms with E-state index in [4.69, 9.17) is 0 Å². The fourth-order valence-corrected chi connectivity index (χ4v) is 0.726. The number of rotatable bonds is 1. The molecule has 0 saturated carbocycles. The summed E-state index contributed by atoms with van der Waals surface area (Å²) < 4.78 is 0. The quantitative estimate of drug-likeness (QED) is 0.477. The van der Waals surface area contributed by atoms with E-state index in [1.54, 1.807) is 0 Å². The molecule has 0 bridgehead atoms. The van der Waals surface area contributed by atoms with E-state index in [1.807, 2.05) is 32.3 Å². The van der Waals surface area contributed by atoms with E-state index in [-0.39, 0.29) is 29.1 Å². The number of hydrogen-bond donors (Lipinski definition) is 0. The van der Waals surface area contributed by atoms with Crippen LogP contribution in [0, 0.1) is 7.43 Å². The van der Waals surface area contributed by atoms with Crippen LogP contribution >= 0.6 is 0 Å². The molecule has 2 heteroatoms. The molecule has 1 aromatic carbocycles. The molecule has 0 N–H and O–H groups in total. The molecule has 0 aliphatic heterocycles. The van der Waals surface area contributed by atoms with Gasteiger partial charge in [-0.05, 0) is 12.1 Å². The van der Waals surface area contributed by atoms with Crippen LogP contribution in [0.25, 0.3) is 0 Å². The number of hydrogen-bond acceptors (Lipinski definition) is 1. The zero-order valence-corrected chi connectivity index (χ0v) is 8.90. The van der Waals surface area contributed by atoms with E-state index in [2.05, 4.69) is 17.0 Å². The van der Waals surface area contributed by atoms with E-state index in [9.17, 15) is 0 Å². The smallest absolute Gasteiger partial charge is 0.0360 e. The first-order valence-corrected chi connectivity index (χ1v) is 3.03. The Hall–Kier alpha value is -0.266. The van der Waals surface area contributed by atoms with Gasteiger partial charge < -0.3 is 12.3 Å². The molecular weight excluding hydrogens is 170 g/mol. The van der Waals surface area contributed by atoms with Crippen LogP contribution in [0.5, 0.6) is 0 Å². The molecule has 0 fully saturated rings. The van der Waals surface area contributed by atoms with Gasteiger partial charge in [-0.15, -0.1) is 0 Å². The van der Waals surface area contributed by atoms with Crippen LogP contribution in [-0.2, 0) is 21.7 Å². The second-order valence-electron chi connectivity index (χ2n) is 2.23. The molecule has 1 nitrogen and oxygen atoms in total. The predicted octanol–water partition coefficient (Wildman–Crippen LogP) is 2.20. The van der Waals surface area contributed by atoms with Crippen molar-refractivity contribution in [3.8, 4) is 0 Å². The van der Waals surface area contributed by atoms with E-state index in [1.165, 1.54) is 5.69 Å². The molecule has 0 aliphatic rings. The van der Waals surface area contributed by atoms with Gasteiger partial charge >= 0.3 is 0 Å². The minimum absolute atomic E-state index is 0. The van der Waals surface area contributed by atoms with Gasteiger partial charge in [0, 0.05) is 41.5 Å². The van der Waals surface area contributed by atoms with E-state index >= 15 is 0 Å². The summed E-state index contributed by atoms with van der Waals surface area (Å²) in [6, 6.07) is 10.3. The van der Waals surface area contributed by atoms with Crippen LogP contribution in [0.3, 0.4) is 0 Å². The standard InChI is InChI=1S/C8H11N.CH3.Ti/c1-9(2)8-6-4-3-5-7-8;;/h3-7H,1-2H3;1H3;/q;-1;. The summed E-state index contributed by atoms with van der Waals surface area (Å²) in [6.45, 7) is 0. The van der Waals surface area contributed by atoms with Crippen LogP contribution < -0.4 is 4.90 Å². The van der Waals surface area contributed by atoms with Crippen LogP contribution in [0.4, 0.5) is 5.69 Å². The van der Waals surface area contributed by atoms with E-state index in [0.717, 1.165) is 0 Å². The molecule has 0 radical (unpaired) electrons. The van der Waals surface area contributed by atoms with Gasteiger partial charge in [-0.1, -0.05) is 18.2 Å². The van der Waals surface area contributed by atoms with Crippen molar-refractivity contribution in [2.24, 2.45) is 0 Å². The average Bonchev–Trinajstić information content (AvgIpc) is 1.90. The number of nitrogens with zero attached hydrogens (tertiary/aromatic N) is 1. The van der Waals surface area contributed by atoms with Gasteiger partial charge in [-0.2, -0.15) is 0 Å². The molecular formula is C9H14NTi-. The van der Waals surface area contributed by atoms with Crippen molar-refractivity contribution in [3.63, 3.8) is 0 Å². The first-order chi connectivity index (χ1) is 4.30. The summed E-state index contributed by atoms with van der Waals surface area (Å²) in [7, 11) is 4.07. The summed E-state index contributed by atoms with van der Waals surface area (Å²) >= 11 is 0. The van der Waals surface area contributed by atoms with Gasteiger partial charge in [0.2, 0.25) is 0 Å². The Kier molecular flexibility index (Phi) is 7.81. The average molecular weight is 184 g/mol. The molecule has 11 heavy (non-hydrogen) atoms. The fraction of sp³-hybridized carbons (Fsp3) is 0.222. The maximum Gasteiger partial charge on any atom is 0.0360 e. The molecule has 0 aliphatic carbocycles. The molecule has 0 spiro atoms. The molecule has 0 heterocycles. The number of para-hydroxylation sites is 1. The summed E-state index contributed by atoms with van der Waals surface area (Å²) in [5.41, 5.74) is 1.25. The molecule has 0 saturated heterocycles. The van der Waals surface area contributed by atoms with Gasteiger partial charge in [0.1, 0.15) is 0 Å². The minimum atomic E-state index is 0. The third kappa shape index (κ3) is 4.23. The van der Waals surface area contributed by atoms with Crippen molar-refractivity contribution < 1.29 is 21.7 Å². The molecule has 0 atom stereocenters.